The third-order valence-electron chi connectivity index (χ3n) is 3.74. The van der Waals surface area contributed by atoms with Gasteiger partial charge in [0.2, 0.25) is 0 Å². The van der Waals surface area contributed by atoms with Crippen LogP contribution in [0.4, 0.5) is 17.1 Å². The number of aliphatic hydroxyl groups is 1. The van der Waals surface area contributed by atoms with Gasteiger partial charge in [0, 0.05) is 26.2 Å². The van der Waals surface area contributed by atoms with Gasteiger partial charge in [0.05, 0.1) is 11.0 Å². The molecule has 1 fully saturated rings. The van der Waals surface area contributed by atoms with Gasteiger partial charge in [-0.2, -0.15) is 0 Å². The zero-order valence-electron chi connectivity index (χ0n) is 12.6. The van der Waals surface area contributed by atoms with Crippen LogP contribution in [0.3, 0.4) is 0 Å². The van der Waals surface area contributed by atoms with Gasteiger partial charge in [0.15, 0.2) is 0 Å². The normalized spacial score (nSPS) is 21.9. The number of nitrogens with zero attached hydrogens (tertiary/aromatic N) is 3. The van der Waals surface area contributed by atoms with Crippen LogP contribution < -0.4 is 10.2 Å². The van der Waals surface area contributed by atoms with E-state index in [1.165, 1.54) is 0 Å². The van der Waals surface area contributed by atoms with Crippen LogP contribution in [0.2, 0.25) is 0 Å². The Morgan fingerprint density at radius 2 is 2.24 bits per heavy atom. The van der Waals surface area contributed by atoms with Crippen LogP contribution in [-0.4, -0.2) is 61.3 Å². The molecule has 2 N–H and O–H groups in total. The first-order chi connectivity index (χ1) is 9.93. The second kappa shape index (κ2) is 6.28. The molecule has 1 aromatic rings. The van der Waals surface area contributed by atoms with Crippen molar-refractivity contribution in [3.05, 3.63) is 28.3 Å². The van der Waals surface area contributed by atoms with E-state index in [0.717, 1.165) is 6.54 Å². The zero-order chi connectivity index (χ0) is 15.6. The number of anilines is 2. The third-order valence-corrected chi connectivity index (χ3v) is 3.74. The van der Waals surface area contributed by atoms with Crippen LogP contribution in [0.25, 0.3) is 0 Å². The van der Waals surface area contributed by atoms with Crippen LogP contribution in [-0.2, 0) is 0 Å². The molecule has 2 atom stereocenters. The van der Waals surface area contributed by atoms with E-state index in [4.69, 9.17) is 0 Å². The molecule has 1 aliphatic heterocycles. The van der Waals surface area contributed by atoms with Crippen molar-refractivity contribution in [1.29, 1.82) is 0 Å². The summed E-state index contributed by atoms with van der Waals surface area (Å²) in [4.78, 5) is 15.1. The largest absolute Gasteiger partial charge is 0.391 e. The number of aliphatic hydroxyl groups excluding tert-OH is 1. The summed E-state index contributed by atoms with van der Waals surface area (Å²) in [5.41, 5.74) is 1.12. The number of nitrogens with one attached hydrogen (secondary N) is 1. The first kappa shape index (κ1) is 15.5. The second-order valence-corrected chi connectivity index (χ2v) is 5.64. The maximum Gasteiger partial charge on any atom is 0.315 e. The van der Waals surface area contributed by atoms with Crippen LogP contribution in [0, 0.1) is 10.1 Å². The molecule has 7 nitrogen and oxygen atoms in total. The molecule has 0 spiro atoms. The van der Waals surface area contributed by atoms with Crippen molar-refractivity contribution in [3.63, 3.8) is 0 Å². The molecule has 1 aromatic carbocycles. The monoisotopic (exact) mass is 294 g/mol. The van der Waals surface area contributed by atoms with E-state index in [9.17, 15) is 15.2 Å². The zero-order valence-corrected chi connectivity index (χ0v) is 12.6. The highest BCUT2D eigenvalue weighted by Gasteiger charge is 2.35. The topological polar surface area (TPSA) is 81.9 Å². The van der Waals surface area contributed by atoms with Crippen molar-refractivity contribution in [2.75, 3.05) is 44.4 Å². The van der Waals surface area contributed by atoms with Gasteiger partial charge in [-0.3, -0.25) is 10.1 Å². The molecule has 0 saturated carbocycles. The predicted molar refractivity (Wildman–Crippen MR) is 83.0 cm³/mol. The molecule has 0 bridgehead atoms. The van der Waals surface area contributed by atoms with Gasteiger partial charge < -0.3 is 20.2 Å². The molecule has 0 aromatic heterocycles. The van der Waals surface area contributed by atoms with Crippen molar-refractivity contribution in [2.24, 2.45) is 0 Å². The standard InChI is InChI=1S/C14H22N4O3/c1-15-12-5-4-6-13(14(12)18(20)21)17-9-11(19)7-10(17)8-16(2)3/h4-6,10-11,15,19H,7-9H2,1-3H3. The summed E-state index contributed by atoms with van der Waals surface area (Å²) in [6, 6.07) is 5.31. The first-order valence-corrected chi connectivity index (χ1v) is 6.98. The van der Waals surface area contributed by atoms with E-state index in [1.54, 1.807) is 25.2 Å². The molecule has 0 radical (unpaired) electrons. The Labute approximate surface area is 124 Å². The SMILES string of the molecule is CNc1cccc(N2CC(O)CC2CN(C)C)c1[N+](=O)[O-]. The summed E-state index contributed by atoms with van der Waals surface area (Å²) >= 11 is 0. The van der Waals surface area contributed by atoms with Crippen molar-refractivity contribution in [3.8, 4) is 0 Å². The lowest BCUT2D eigenvalue weighted by Gasteiger charge is -2.28. The van der Waals surface area contributed by atoms with E-state index in [1.807, 2.05) is 23.9 Å². The van der Waals surface area contributed by atoms with Gasteiger partial charge in [-0.05, 0) is 32.6 Å². The summed E-state index contributed by atoms with van der Waals surface area (Å²) in [5, 5.41) is 24.3. The number of rotatable bonds is 5. The maximum atomic E-state index is 11.4. The number of nitro benzene ring substituents is 1. The highest BCUT2D eigenvalue weighted by atomic mass is 16.6. The third kappa shape index (κ3) is 3.25. The summed E-state index contributed by atoms with van der Waals surface area (Å²) in [6.45, 7) is 1.17. The average Bonchev–Trinajstić information content (AvgIpc) is 2.77. The van der Waals surface area contributed by atoms with Gasteiger partial charge in [0.1, 0.15) is 11.4 Å². The highest BCUT2D eigenvalue weighted by molar-refractivity contribution is 5.77. The van der Waals surface area contributed by atoms with Gasteiger partial charge in [-0.25, -0.2) is 0 Å². The van der Waals surface area contributed by atoms with Crippen molar-refractivity contribution in [1.82, 2.24) is 4.90 Å². The van der Waals surface area contributed by atoms with Crippen LogP contribution in [0.5, 0.6) is 0 Å². The summed E-state index contributed by atoms with van der Waals surface area (Å²) in [7, 11) is 5.59. The maximum absolute atomic E-state index is 11.4. The Balaban J connectivity index is 2.42. The molecule has 7 heteroatoms. The molecule has 0 aliphatic carbocycles. The number of β-amino-alcohol motifs (C(OH)–C–C–N with tert-alkyl or cyclic N) is 1. The molecule has 116 valence electrons. The van der Waals surface area contributed by atoms with E-state index in [2.05, 4.69) is 5.32 Å². The average molecular weight is 294 g/mol. The van der Waals surface area contributed by atoms with Gasteiger partial charge in [-0.15, -0.1) is 0 Å². The lowest BCUT2D eigenvalue weighted by Crippen LogP contribution is -2.38. The van der Waals surface area contributed by atoms with Crippen molar-refractivity contribution >= 4 is 17.1 Å². The fraction of sp³-hybridized carbons (Fsp3) is 0.571. The molecule has 1 heterocycles. The number of nitro groups is 1. The van der Waals surface area contributed by atoms with Crippen LogP contribution >= 0.6 is 0 Å². The first-order valence-electron chi connectivity index (χ1n) is 6.98. The molecular weight excluding hydrogens is 272 g/mol. The van der Waals surface area contributed by atoms with Crippen molar-refractivity contribution in [2.45, 2.75) is 18.6 Å². The van der Waals surface area contributed by atoms with E-state index in [-0.39, 0.29) is 16.7 Å². The smallest absolute Gasteiger partial charge is 0.315 e. The minimum atomic E-state index is -0.451. The van der Waals surface area contributed by atoms with E-state index in [0.29, 0.717) is 24.3 Å². The van der Waals surface area contributed by atoms with Gasteiger partial charge >= 0.3 is 5.69 Å². The summed E-state index contributed by atoms with van der Waals surface area (Å²) in [5.74, 6) is 0. The Kier molecular flexibility index (Phi) is 4.64. The fourth-order valence-electron chi connectivity index (χ4n) is 2.94. The van der Waals surface area contributed by atoms with Crippen LogP contribution in [0.1, 0.15) is 6.42 Å². The highest BCUT2D eigenvalue weighted by Crippen LogP contribution is 2.38. The van der Waals surface area contributed by atoms with Gasteiger partial charge in [0.25, 0.3) is 0 Å². The summed E-state index contributed by atoms with van der Waals surface area (Å²) < 4.78 is 0. The Bertz CT molecular complexity index is 521. The Hall–Kier alpha value is -1.86. The molecule has 1 saturated heterocycles. The molecule has 21 heavy (non-hydrogen) atoms. The van der Waals surface area contributed by atoms with E-state index >= 15 is 0 Å². The summed E-state index contributed by atoms with van der Waals surface area (Å²) in [6.07, 6.45) is 0.173. The number of hydrogen-bond donors (Lipinski definition) is 2. The fourth-order valence-corrected chi connectivity index (χ4v) is 2.94. The number of likely N-dealkylation sites (N-methyl/N-ethyl adjacent to an activating group) is 1. The minimum Gasteiger partial charge on any atom is -0.391 e. The predicted octanol–water partition coefficient (Wildman–Crippen LogP) is 1.14. The molecule has 0 amide bonds. The van der Waals surface area contributed by atoms with Gasteiger partial charge in [-0.1, -0.05) is 6.07 Å². The van der Waals surface area contributed by atoms with E-state index < -0.39 is 6.10 Å². The Morgan fingerprint density at radius 3 is 2.81 bits per heavy atom. The number of benzene rings is 1. The number of para-hydroxylation sites is 1. The van der Waals surface area contributed by atoms with Crippen molar-refractivity contribution < 1.29 is 10.0 Å². The second-order valence-electron chi connectivity index (χ2n) is 5.64. The molecule has 1 aliphatic rings. The molecular formula is C14H22N4O3. The number of hydrogen-bond acceptors (Lipinski definition) is 6. The lowest BCUT2D eigenvalue weighted by atomic mass is 10.1. The van der Waals surface area contributed by atoms with Crippen LogP contribution in [0.15, 0.2) is 18.2 Å². The lowest BCUT2D eigenvalue weighted by molar-refractivity contribution is -0.383. The molecule has 2 rings (SSSR count). The molecule has 2 unspecified atom stereocenters. The minimum absolute atomic E-state index is 0.0675. The quantitative estimate of drug-likeness (QED) is 0.626. The Morgan fingerprint density at radius 1 is 1.52 bits per heavy atom.